The van der Waals surface area contributed by atoms with Crippen molar-refractivity contribution in [1.82, 2.24) is 19.9 Å². The number of aromatic amines is 2. The number of hydrogen-bond acceptors (Lipinski definition) is 2. The number of hydrogen-bond donors (Lipinski definition) is 2. The SMILES string of the molecule is BrCc1ccc(-c2cc3cc4nc(cc5ccc(cc6nc(cc2[nH]3)C=C6)[nH]5)C=C4)cc1. The molecule has 0 radical (unpaired) electrons. The largest absolute Gasteiger partial charge is 0.355 e. The predicted molar refractivity (Wildman–Crippen MR) is 137 cm³/mol. The summed E-state index contributed by atoms with van der Waals surface area (Å²) in [7, 11) is 0. The Morgan fingerprint density at radius 2 is 1.16 bits per heavy atom. The van der Waals surface area contributed by atoms with Gasteiger partial charge in [0.1, 0.15) is 0 Å². The minimum Gasteiger partial charge on any atom is -0.355 e. The molecule has 1 aromatic carbocycles. The highest BCUT2D eigenvalue weighted by atomic mass is 79.9. The van der Waals surface area contributed by atoms with Crippen LogP contribution in [0.25, 0.3) is 57.5 Å². The summed E-state index contributed by atoms with van der Waals surface area (Å²) in [6, 6.07) is 23.2. The lowest BCUT2D eigenvalue weighted by Crippen LogP contribution is -1.80. The molecule has 154 valence electrons. The molecular formula is C27H19BrN4. The highest BCUT2D eigenvalue weighted by molar-refractivity contribution is 9.08. The summed E-state index contributed by atoms with van der Waals surface area (Å²) in [6.07, 6.45) is 8.17. The third-order valence-electron chi connectivity index (χ3n) is 5.59. The third-order valence-corrected chi connectivity index (χ3v) is 6.24. The lowest BCUT2D eigenvalue weighted by molar-refractivity contribution is 1.31. The number of nitrogens with one attached hydrogen (secondary N) is 2. The van der Waals surface area contributed by atoms with E-state index >= 15 is 0 Å². The number of alkyl halides is 1. The Bertz CT molecular complexity index is 1550. The third kappa shape index (κ3) is 3.72. The van der Waals surface area contributed by atoms with Crippen LogP contribution >= 0.6 is 15.9 Å². The van der Waals surface area contributed by atoms with Crippen molar-refractivity contribution in [3.8, 4) is 11.1 Å². The molecule has 2 N–H and O–H groups in total. The van der Waals surface area contributed by atoms with E-state index in [-0.39, 0.29) is 0 Å². The molecule has 5 heterocycles. The van der Waals surface area contributed by atoms with Crippen LogP contribution in [-0.4, -0.2) is 19.9 Å². The number of fused-ring (bicyclic) bond motifs is 8. The number of rotatable bonds is 2. The van der Waals surface area contributed by atoms with E-state index in [0.717, 1.165) is 61.3 Å². The molecule has 0 amide bonds. The van der Waals surface area contributed by atoms with Crippen LogP contribution < -0.4 is 0 Å². The Labute approximate surface area is 193 Å². The van der Waals surface area contributed by atoms with E-state index in [1.807, 2.05) is 24.3 Å². The van der Waals surface area contributed by atoms with Gasteiger partial charge in [0, 0.05) is 33.0 Å². The number of H-pyrrole nitrogens is 2. The molecule has 0 saturated carbocycles. The van der Waals surface area contributed by atoms with Crippen LogP contribution in [0.4, 0.5) is 0 Å². The number of benzene rings is 1. The van der Waals surface area contributed by atoms with Gasteiger partial charge in [-0.15, -0.1) is 0 Å². The second kappa shape index (κ2) is 7.77. The van der Waals surface area contributed by atoms with Crippen molar-refractivity contribution in [2.75, 3.05) is 0 Å². The van der Waals surface area contributed by atoms with Crippen molar-refractivity contribution in [2.45, 2.75) is 5.33 Å². The normalized spacial score (nSPS) is 12.4. The van der Waals surface area contributed by atoms with Gasteiger partial charge in [0.05, 0.1) is 22.8 Å². The van der Waals surface area contributed by atoms with Gasteiger partial charge < -0.3 is 9.97 Å². The number of halogens is 1. The minimum atomic E-state index is 0.847. The second-order valence-electron chi connectivity index (χ2n) is 7.92. The Hall–Kier alpha value is -3.70. The van der Waals surface area contributed by atoms with Gasteiger partial charge in [-0.25, -0.2) is 9.97 Å². The summed E-state index contributed by atoms with van der Waals surface area (Å²) in [5.74, 6) is 0. The molecule has 4 nitrogen and oxygen atoms in total. The number of aromatic nitrogens is 4. The molecule has 0 aliphatic carbocycles. The lowest BCUT2D eigenvalue weighted by atomic mass is 10.1. The Kier molecular flexibility index (Phi) is 4.62. The van der Waals surface area contributed by atoms with Gasteiger partial charge in [0.25, 0.3) is 0 Å². The van der Waals surface area contributed by atoms with E-state index in [9.17, 15) is 0 Å². The van der Waals surface area contributed by atoms with E-state index in [0.29, 0.717) is 0 Å². The van der Waals surface area contributed by atoms with Crippen molar-refractivity contribution >= 4 is 62.3 Å². The van der Waals surface area contributed by atoms with Crippen molar-refractivity contribution in [3.05, 3.63) is 95.1 Å². The molecule has 0 saturated heterocycles. The summed E-state index contributed by atoms with van der Waals surface area (Å²) < 4.78 is 0. The maximum atomic E-state index is 4.79. The van der Waals surface area contributed by atoms with E-state index < -0.39 is 0 Å². The van der Waals surface area contributed by atoms with Crippen LogP contribution in [0.1, 0.15) is 28.3 Å². The molecule has 2 aliphatic rings. The maximum Gasteiger partial charge on any atom is 0.0658 e. The first-order chi connectivity index (χ1) is 15.7. The molecule has 5 heteroatoms. The summed E-state index contributed by atoms with van der Waals surface area (Å²) in [5, 5.41) is 0.847. The quantitative estimate of drug-likeness (QED) is 0.258. The van der Waals surface area contributed by atoms with Gasteiger partial charge in [-0.2, -0.15) is 0 Å². The predicted octanol–water partition coefficient (Wildman–Crippen LogP) is 7.22. The van der Waals surface area contributed by atoms with Crippen LogP contribution in [0.3, 0.4) is 0 Å². The van der Waals surface area contributed by atoms with Gasteiger partial charge >= 0.3 is 0 Å². The maximum absolute atomic E-state index is 4.79. The molecule has 8 bridgehead atoms. The first-order valence-corrected chi connectivity index (χ1v) is 11.6. The van der Waals surface area contributed by atoms with Crippen LogP contribution in [0.2, 0.25) is 0 Å². The second-order valence-corrected chi connectivity index (χ2v) is 8.48. The zero-order valence-corrected chi connectivity index (χ0v) is 18.7. The number of nitrogens with zero attached hydrogens (tertiary/aromatic N) is 2. The highest BCUT2D eigenvalue weighted by Crippen LogP contribution is 2.28. The van der Waals surface area contributed by atoms with Crippen LogP contribution in [0.15, 0.2) is 66.7 Å². The fourth-order valence-electron chi connectivity index (χ4n) is 4.03. The Balaban J connectivity index is 1.64. The molecule has 0 unspecified atom stereocenters. The average molecular weight is 479 g/mol. The fourth-order valence-corrected chi connectivity index (χ4v) is 4.40. The van der Waals surface area contributed by atoms with Crippen molar-refractivity contribution in [1.29, 1.82) is 0 Å². The van der Waals surface area contributed by atoms with Crippen molar-refractivity contribution in [3.63, 3.8) is 0 Å². The highest BCUT2D eigenvalue weighted by Gasteiger charge is 2.07. The van der Waals surface area contributed by atoms with E-state index in [2.05, 4.69) is 92.6 Å². The van der Waals surface area contributed by atoms with Gasteiger partial charge in [0.2, 0.25) is 0 Å². The van der Waals surface area contributed by atoms with Crippen molar-refractivity contribution < 1.29 is 0 Å². The molecule has 0 atom stereocenters. The Morgan fingerprint density at radius 1 is 0.594 bits per heavy atom. The first-order valence-electron chi connectivity index (χ1n) is 10.5. The summed E-state index contributed by atoms with van der Waals surface area (Å²) in [6.45, 7) is 0. The zero-order valence-electron chi connectivity index (χ0n) is 17.1. The topological polar surface area (TPSA) is 57.4 Å². The molecule has 3 aromatic heterocycles. The smallest absolute Gasteiger partial charge is 0.0658 e. The molecule has 0 spiro atoms. The zero-order chi connectivity index (χ0) is 21.5. The summed E-state index contributed by atoms with van der Waals surface area (Å²) in [4.78, 5) is 16.5. The van der Waals surface area contributed by atoms with Gasteiger partial charge in [0.15, 0.2) is 0 Å². The standard InChI is InChI=1S/C27H19BrN4/c28-16-17-1-3-18(4-2-17)26-14-25-13-23-8-7-21(30-23)11-19-5-6-20(29-19)12-22-9-10-24(31-22)15-27(26)32-25/h1-15,29,32H,16H2. The fraction of sp³-hybridized carbons (Fsp3) is 0.0370. The van der Waals surface area contributed by atoms with E-state index in [1.165, 1.54) is 5.56 Å². The summed E-state index contributed by atoms with van der Waals surface area (Å²) >= 11 is 3.53. The van der Waals surface area contributed by atoms with E-state index in [4.69, 9.17) is 9.97 Å². The van der Waals surface area contributed by atoms with Crippen LogP contribution in [0.5, 0.6) is 0 Å². The van der Waals surface area contributed by atoms with Gasteiger partial charge in [-0.05, 0) is 77.9 Å². The monoisotopic (exact) mass is 478 g/mol. The van der Waals surface area contributed by atoms with E-state index in [1.54, 1.807) is 0 Å². The Morgan fingerprint density at radius 3 is 1.75 bits per heavy atom. The lowest BCUT2D eigenvalue weighted by Gasteiger charge is -2.00. The van der Waals surface area contributed by atoms with Gasteiger partial charge in [-0.3, -0.25) is 0 Å². The molecule has 32 heavy (non-hydrogen) atoms. The van der Waals surface area contributed by atoms with Crippen LogP contribution in [0, 0.1) is 0 Å². The first kappa shape index (κ1) is 19.0. The average Bonchev–Trinajstić information content (AvgIpc) is 3.59. The summed E-state index contributed by atoms with van der Waals surface area (Å²) in [5.41, 5.74) is 11.3. The molecule has 4 aromatic rings. The molecule has 0 fully saturated rings. The van der Waals surface area contributed by atoms with Gasteiger partial charge in [-0.1, -0.05) is 40.2 Å². The van der Waals surface area contributed by atoms with Crippen LogP contribution in [-0.2, 0) is 5.33 Å². The molecule has 2 aliphatic heterocycles. The minimum absolute atomic E-state index is 0.847. The molecule has 6 rings (SSSR count). The molecular weight excluding hydrogens is 460 g/mol. The van der Waals surface area contributed by atoms with Crippen molar-refractivity contribution in [2.24, 2.45) is 0 Å².